The van der Waals surface area contributed by atoms with Gasteiger partial charge in [-0.2, -0.15) is 0 Å². The molecule has 28 heavy (non-hydrogen) atoms. The molecule has 5 rings (SSSR count). The first kappa shape index (κ1) is 17.4. The Labute approximate surface area is 163 Å². The zero-order valence-electron chi connectivity index (χ0n) is 16.0. The molecule has 1 N–H and O–H groups in total. The van der Waals surface area contributed by atoms with Gasteiger partial charge in [0.05, 0.1) is 23.9 Å². The van der Waals surface area contributed by atoms with Gasteiger partial charge < -0.3 is 14.6 Å². The number of nitrogens with zero attached hydrogens (tertiary/aromatic N) is 3. The summed E-state index contributed by atoms with van der Waals surface area (Å²) in [5.41, 5.74) is 4.71. The molecule has 6 heteroatoms. The number of nitrogens with one attached hydrogen (secondary N) is 1. The van der Waals surface area contributed by atoms with Crippen LogP contribution in [0.3, 0.4) is 0 Å². The lowest BCUT2D eigenvalue weighted by atomic mass is 9.87. The SMILES string of the molecule is CO[C@H]1CCC[C@@H](CN2C(=O)Cc3ncc(-c4cnc5[nH]ccc5c4)cc32)C1. The molecule has 1 aliphatic heterocycles. The normalized spacial score (nSPS) is 22.0. The molecule has 144 valence electrons. The Balaban J connectivity index is 1.43. The number of fused-ring (bicyclic) bond motifs is 2. The van der Waals surface area contributed by atoms with Crippen molar-refractivity contribution in [3.63, 3.8) is 0 Å². The van der Waals surface area contributed by atoms with E-state index in [4.69, 9.17) is 4.74 Å². The predicted octanol–water partition coefficient (Wildman–Crippen LogP) is 3.72. The number of methoxy groups -OCH3 is 1. The predicted molar refractivity (Wildman–Crippen MR) is 108 cm³/mol. The average Bonchev–Trinajstić information content (AvgIpc) is 3.31. The number of H-pyrrole nitrogens is 1. The van der Waals surface area contributed by atoms with Crippen LogP contribution in [-0.2, 0) is 16.0 Å². The number of amides is 1. The van der Waals surface area contributed by atoms with E-state index in [2.05, 4.69) is 27.1 Å². The van der Waals surface area contributed by atoms with Crippen molar-refractivity contribution in [2.24, 2.45) is 5.92 Å². The molecule has 0 unspecified atom stereocenters. The van der Waals surface area contributed by atoms with Crippen molar-refractivity contribution in [2.45, 2.75) is 38.2 Å². The fraction of sp³-hybridized carbons (Fsp3) is 0.409. The molecule has 3 aromatic heterocycles. The molecule has 0 saturated heterocycles. The van der Waals surface area contributed by atoms with Crippen LogP contribution in [0.15, 0.2) is 36.8 Å². The molecule has 4 heterocycles. The lowest BCUT2D eigenvalue weighted by Crippen LogP contribution is -2.35. The van der Waals surface area contributed by atoms with E-state index in [0.717, 1.165) is 59.3 Å². The third-order valence-corrected chi connectivity index (χ3v) is 6.10. The molecule has 0 radical (unpaired) electrons. The first-order valence-corrected chi connectivity index (χ1v) is 9.97. The summed E-state index contributed by atoms with van der Waals surface area (Å²) in [7, 11) is 1.79. The van der Waals surface area contributed by atoms with E-state index in [-0.39, 0.29) is 5.91 Å². The van der Waals surface area contributed by atoms with E-state index in [1.165, 1.54) is 6.42 Å². The number of carbonyl (C=O) groups is 1. The standard InChI is InChI=1S/C22H24N4O2/c1-28-18-4-2-3-14(7-18)13-26-20-9-17(11-24-19(20)10-21(26)27)16-8-15-5-6-23-22(15)25-12-16/h5-6,8-9,11-12,14,18H,2-4,7,10,13H2,1H3,(H,23,25)/t14-,18+/m1/s1. The van der Waals surface area contributed by atoms with Gasteiger partial charge >= 0.3 is 0 Å². The number of anilines is 1. The molecular formula is C22H24N4O2. The number of aromatic amines is 1. The lowest BCUT2D eigenvalue weighted by molar-refractivity contribution is -0.117. The molecule has 2 atom stereocenters. The highest BCUT2D eigenvalue weighted by atomic mass is 16.5. The number of pyridine rings is 2. The summed E-state index contributed by atoms with van der Waals surface area (Å²) < 4.78 is 5.56. The molecule has 1 amide bonds. The van der Waals surface area contributed by atoms with Gasteiger partial charge in [-0.1, -0.05) is 6.42 Å². The number of rotatable bonds is 4. The van der Waals surface area contributed by atoms with Gasteiger partial charge in [0.2, 0.25) is 5.91 Å². The Morgan fingerprint density at radius 1 is 1.21 bits per heavy atom. The fourth-order valence-corrected chi connectivity index (χ4v) is 4.56. The smallest absolute Gasteiger partial charge is 0.233 e. The molecule has 0 aromatic carbocycles. The molecule has 2 aliphatic rings. The summed E-state index contributed by atoms with van der Waals surface area (Å²) in [6.07, 6.45) is 10.8. The maximum absolute atomic E-state index is 12.7. The Bertz CT molecular complexity index is 1030. The Morgan fingerprint density at radius 2 is 2.07 bits per heavy atom. The van der Waals surface area contributed by atoms with Crippen molar-refractivity contribution in [1.29, 1.82) is 0 Å². The minimum absolute atomic E-state index is 0.151. The van der Waals surface area contributed by atoms with Gasteiger partial charge in [0.1, 0.15) is 5.65 Å². The van der Waals surface area contributed by atoms with E-state index < -0.39 is 0 Å². The minimum Gasteiger partial charge on any atom is -0.381 e. The number of carbonyl (C=O) groups excluding carboxylic acids is 1. The molecule has 1 aliphatic carbocycles. The van der Waals surface area contributed by atoms with Crippen LogP contribution in [0, 0.1) is 5.92 Å². The van der Waals surface area contributed by atoms with Crippen LogP contribution in [0.1, 0.15) is 31.4 Å². The molecule has 3 aromatic rings. The summed E-state index contributed by atoms with van der Waals surface area (Å²) in [5, 5.41) is 1.07. The average molecular weight is 376 g/mol. The van der Waals surface area contributed by atoms with Crippen LogP contribution in [-0.4, -0.2) is 40.6 Å². The van der Waals surface area contributed by atoms with Crippen LogP contribution >= 0.6 is 0 Å². The van der Waals surface area contributed by atoms with Gasteiger partial charge in [-0.25, -0.2) is 4.98 Å². The van der Waals surface area contributed by atoms with Crippen LogP contribution in [0.5, 0.6) is 0 Å². The summed E-state index contributed by atoms with van der Waals surface area (Å²) in [6.45, 7) is 0.756. The zero-order valence-corrected chi connectivity index (χ0v) is 16.0. The first-order valence-electron chi connectivity index (χ1n) is 9.97. The highest BCUT2D eigenvalue weighted by Gasteiger charge is 2.32. The van der Waals surface area contributed by atoms with Gasteiger partial charge in [0, 0.05) is 48.8 Å². The molecule has 6 nitrogen and oxygen atoms in total. The number of hydrogen-bond donors (Lipinski definition) is 1. The highest BCUT2D eigenvalue weighted by Crippen LogP contribution is 2.35. The summed E-state index contributed by atoms with van der Waals surface area (Å²) >= 11 is 0. The fourth-order valence-electron chi connectivity index (χ4n) is 4.56. The van der Waals surface area contributed by atoms with Gasteiger partial charge in [-0.3, -0.25) is 9.78 Å². The Morgan fingerprint density at radius 3 is 2.96 bits per heavy atom. The molecule has 1 fully saturated rings. The number of ether oxygens (including phenoxy) is 1. The topological polar surface area (TPSA) is 71.1 Å². The summed E-state index contributed by atoms with van der Waals surface area (Å²) in [5.74, 6) is 0.633. The van der Waals surface area contributed by atoms with Crippen molar-refractivity contribution in [1.82, 2.24) is 15.0 Å². The van der Waals surface area contributed by atoms with Crippen molar-refractivity contribution >= 4 is 22.6 Å². The second kappa shape index (κ2) is 7.02. The molecule has 0 bridgehead atoms. The van der Waals surface area contributed by atoms with Gasteiger partial charge in [-0.15, -0.1) is 0 Å². The highest BCUT2D eigenvalue weighted by molar-refractivity contribution is 6.01. The van der Waals surface area contributed by atoms with Crippen LogP contribution in [0.25, 0.3) is 22.2 Å². The maximum atomic E-state index is 12.7. The second-order valence-corrected chi connectivity index (χ2v) is 7.90. The van der Waals surface area contributed by atoms with Crippen LogP contribution in [0.4, 0.5) is 5.69 Å². The van der Waals surface area contributed by atoms with Gasteiger partial charge in [-0.05, 0) is 43.4 Å². The minimum atomic E-state index is 0.151. The first-order chi connectivity index (χ1) is 13.7. The quantitative estimate of drug-likeness (QED) is 0.753. The van der Waals surface area contributed by atoms with E-state index in [1.54, 1.807) is 7.11 Å². The maximum Gasteiger partial charge on any atom is 0.233 e. The van der Waals surface area contributed by atoms with Crippen molar-refractivity contribution in [2.75, 3.05) is 18.6 Å². The molecule has 0 spiro atoms. The van der Waals surface area contributed by atoms with Gasteiger partial charge in [0.15, 0.2) is 0 Å². The van der Waals surface area contributed by atoms with E-state index in [9.17, 15) is 4.79 Å². The number of hydrogen-bond acceptors (Lipinski definition) is 4. The van der Waals surface area contributed by atoms with Crippen LogP contribution in [0.2, 0.25) is 0 Å². The Hall–Kier alpha value is -2.73. The van der Waals surface area contributed by atoms with E-state index in [0.29, 0.717) is 18.4 Å². The third kappa shape index (κ3) is 3.07. The lowest BCUT2D eigenvalue weighted by Gasteiger charge is -2.31. The van der Waals surface area contributed by atoms with E-state index >= 15 is 0 Å². The van der Waals surface area contributed by atoms with Crippen molar-refractivity contribution in [3.05, 3.63) is 42.5 Å². The molecule has 1 saturated carbocycles. The zero-order chi connectivity index (χ0) is 19.1. The summed E-state index contributed by atoms with van der Waals surface area (Å²) in [6, 6.07) is 6.21. The van der Waals surface area contributed by atoms with Crippen molar-refractivity contribution < 1.29 is 9.53 Å². The monoisotopic (exact) mass is 376 g/mol. The second-order valence-electron chi connectivity index (χ2n) is 7.90. The Kier molecular flexibility index (Phi) is 4.36. The molecular weight excluding hydrogens is 352 g/mol. The van der Waals surface area contributed by atoms with Gasteiger partial charge in [0.25, 0.3) is 0 Å². The third-order valence-electron chi connectivity index (χ3n) is 6.10. The van der Waals surface area contributed by atoms with Crippen molar-refractivity contribution in [3.8, 4) is 11.1 Å². The van der Waals surface area contributed by atoms with Crippen LogP contribution < -0.4 is 4.90 Å². The number of aromatic nitrogens is 3. The van der Waals surface area contributed by atoms with E-state index in [1.807, 2.05) is 29.6 Å². The summed E-state index contributed by atoms with van der Waals surface area (Å²) in [4.78, 5) is 26.8. The largest absolute Gasteiger partial charge is 0.381 e.